The number of hydrogen-bond acceptors (Lipinski definition) is 4. The lowest BCUT2D eigenvalue weighted by Crippen LogP contribution is -2.33. The SMILES string of the molecule is COCCNCCNC(=O)c1cccc(-n2ccc(C(F)(F)F)n2)c1.Cl. The van der Waals surface area contributed by atoms with Gasteiger partial charge >= 0.3 is 6.18 Å². The van der Waals surface area contributed by atoms with E-state index in [0.29, 0.717) is 37.5 Å². The van der Waals surface area contributed by atoms with Gasteiger partial charge in [-0.1, -0.05) is 6.07 Å². The molecule has 144 valence electrons. The number of nitrogens with one attached hydrogen (secondary N) is 2. The lowest BCUT2D eigenvalue weighted by atomic mass is 10.2. The largest absolute Gasteiger partial charge is 0.435 e. The number of halogens is 4. The Morgan fingerprint density at radius 1 is 1.23 bits per heavy atom. The fourth-order valence-electron chi connectivity index (χ4n) is 2.07. The molecule has 0 fully saturated rings. The molecule has 0 radical (unpaired) electrons. The molecule has 1 aromatic carbocycles. The highest BCUT2D eigenvalue weighted by Gasteiger charge is 2.33. The van der Waals surface area contributed by atoms with Gasteiger partial charge in [0.2, 0.25) is 0 Å². The van der Waals surface area contributed by atoms with E-state index in [-0.39, 0.29) is 18.3 Å². The van der Waals surface area contributed by atoms with Crippen LogP contribution in [0.4, 0.5) is 13.2 Å². The third-order valence-corrected chi connectivity index (χ3v) is 3.32. The molecule has 1 aromatic heterocycles. The van der Waals surface area contributed by atoms with E-state index in [4.69, 9.17) is 4.74 Å². The summed E-state index contributed by atoms with van der Waals surface area (Å²) in [4.78, 5) is 12.1. The van der Waals surface area contributed by atoms with Crippen molar-refractivity contribution < 1.29 is 22.7 Å². The number of nitrogens with zero attached hydrogens (tertiary/aromatic N) is 2. The van der Waals surface area contributed by atoms with Gasteiger partial charge in [0, 0.05) is 38.5 Å². The number of rotatable bonds is 8. The Kier molecular flexibility index (Phi) is 8.56. The number of carbonyl (C=O) groups excluding carboxylic acids is 1. The van der Waals surface area contributed by atoms with E-state index in [2.05, 4.69) is 15.7 Å². The molecule has 2 N–H and O–H groups in total. The van der Waals surface area contributed by atoms with Gasteiger partial charge in [-0.3, -0.25) is 4.79 Å². The second-order valence-corrected chi connectivity index (χ2v) is 5.19. The van der Waals surface area contributed by atoms with Crippen LogP contribution >= 0.6 is 12.4 Å². The van der Waals surface area contributed by atoms with Crippen molar-refractivity contribution in [2.45, 2.75) is 6.18 Å². The number of alkyl halides is 3. The van der Waals surface area contributed by atoms with Gasteiger partial charge in [0.05, 0.1) is 12.3 Å². The molecule has 0 saturated carbocycles. The summed E-state index contributed by atoms with van der Waals surface area (Å²) in [6.07, 6.45) is -3.30. The molecule has 1 amide bonds. The zero-order valence-electron chi connectivity index (χ0n) is 14.0. The molecule has 0 bridgehead atoms. The average molecular weight is 393 g/mol. The molecule has 10 heteroatoms. The number of amides is 1. The molecule has 0 aliphatic carbocycles. The second kappa shape index (κ2) is 10.1. The highest BCUT2D eigenvalue weighted by molar-refractivity contribution is 5.94. The van der Waals surface area contributed by atoms with E-state index in [1.165, 1.54) is 12.3 Å². The highest BCUT2D eigenvalue weighted by Crippen LogP contribution is 2.27. The second-order valence-electron chi connectivity index (χ2n) is 5.19. The summed E-state index contributed by atoms with van der Waals surface area (Å²) in [6, 6.07) is 7.14. The van der Waals surface area contributed by atoms with Gasteiger partial charge in [0.25, 0.3) is 5.91 Å². The Morgan fingerprint density at radius 3 is 2.65 bits per heavy atom. The first-order valence-electron chi connectivity index (χ1n) is 7.63. The van der Waals surface area contributed by atoms with Crippen molar-refractivity contribution in [1.82, 2.24) is 20.4 Å². The molecule has 0 unspecified atom stereocenters. The number of carbonyl (C=O) groups is 1. The lowest BCUT2D eigenvalue weighted by Gasteiger charge is -2.08. The molecule has 0 atom stereocenters. The highest BCUT2D eigenvalue weighted by atomic mass is 35.5. The van der Waals surface area contributed by atoms with Crippen LogP contribution < -0.4 is 10.6 Å². The van der Waals surface area contributed by atoms with Crippen molar-refractivity contribution in [3.63, 3.8) is 0 Å². The summed E-state index contributed by atoms with van der Waals surface area (Å²) in [7, 11) is 1.60. The molecular formula is C16H20ClF3N4O2. The smallest absolute Gasteiger partial charge is 0.383 e. The lowest BCUT2D eigenvalue weighted by molar-refractivity contribution is -0.141. The van der Waals surface area contributed by atoms with Crippen molar-refractivity contribution in [1.29, 1.82) is 0 Å². The predicted octanol–water partition coefficient (Wildman–Crippen LogP) is 2.28. The van der Waals surface area contributed by atoms with Crippen molar-refractivity contribution in [2.24, 2.45) is 0 Å². The monoisotopic (exact) mass is 392 g/mol. The molecule has 0 spiro atoms. The quantitative estimate of drug-likeness (QED) is 0.676. The molecule has 2 rings (SSSR count). The molecule has 0 aliphatic heterocycles. The summed E-state index contributed by atoms with van der Waals surface area (Å²) in [5, 5.41) is 9.31. The van der Waals surface area contributed by atoms with Gasteiger partial charge in [-0.05, 0) is 24.3 Å². The predicted molar refractivity (Wildman–Crippen MR) is 92.9 cm³/mol. The summed E-state index contributed by atoms with van der Waals surface area (Å²) < 4.78 is 43.8. The van der Waals surface area contributed by atoms with Crippen LogP contribution in [0, 0.1) is 0 Å². The molecular weight excluding hydrogens is 373 g/mol. The summed E-state index contributed by atoms with van der Waals surface area (Å²) in [6.45, 7) is 2.28. The minimum absolute atomic E-state index is 0. The number of aromatic nitrogens is 2. The van der Waals surface area contributed by atoms with Gasteiger partial charge in [-0.15, -0.1) is 12.4 Å². The Morgan fingerprint density at radius 2 is 2.00 bits per heavy atom. The van der Waals surface area contributed by atoms with Gasteiger partial charge in [0.1, 0.15) is 0 Å². The minimum atomic E-state index is -4.50. The number of benzene rings is 1. The maximum atomic E-state index is 12.6. The van der Waals surface area contributed by atoms with Gasteiger partial charge in [-0.25, -0.2) is 4.68 Å². The van der Waals surface area contributed by atoms with E-state index in [1.54, 1.807) is 25.3 Å². The van der Waals surface area contributed by atoms with Crippen LogP contribution in [0.1, 0.15) is 16.1 Å². The standard InChI is InChI=1S/C16H19F3N4O2.ClH/c1-25-10-8-20-6-7-21-15(24)12-3-2-4-13(11-12)23-9-5-14(22-23)16(17,18)19;/h2-5,9,11,20H,6-8,10H2,1H3,(H,21,24);1H. The van der Waals surface area contributed by atoms with Crippen molar-refractivity contribution in [3.8, 4) is 5.69 Å². The Labute approximate surface area is 155 Å². The van der Waals surface area contributed by atoms with Crippen LogP contribution in [0.3, 0.4) is 0 Å². The molecule has 1 heterocycles. The van der Waals surface area contributed by atoms with E-state index in [1.807, 2.05) is 0 Å². The number of hydrogen-bond donors (Lipinski definition) is 2. The van der Waals surface area contributed by atoms with Crippen LogP contribution in [0.5, 0.6) is 0 Å². The molecule has 6 nitrogen and oxygen atoms in total. The minimum Gasteiger partial charge on any atom is -0.383 e. The van der Waals surface area contributed by atoms with Crippen LogP contribution in [-0.2, 0) is 10.9 Å². The van der Waals surface area contributed by atoms with Gasteiger partial charge in [-0.2, -0.15) is 18.3 Å². The normalized spacial score (nSPS) is 11.1. The van der Waals surface area contributed by atoms with E-state index < -0.39 is 11.9 Å². The van der Waals surface area contributed by atoms with Crippen molar-refractivity contribution in [3.05, 3.63) is 47.8 Å². The average Bonchev–Trinajstić information content (AvgIpc) is 3.08. The van der Waals surface area contributed by atoms with Gasteiger partial charge < -0.3 is 15.4 Å². The third-order valence-electron chi connectivity index (χ3n) is 3.32. The zero-order chi connectivity index (χ0) is 18.3. The van der Waals surface area contributed by atoms with E-state index in [9.17, 15) is 18.0 Å². The topological polar surface area (TPSA) is 68.2 Å². The summed E-state index contributed by atoms with van der Waals surface area (Å²) in [5.41, 5.74) is -0.260. The summed E-state index contributed by atoms with van der Waals surface area (Å²) >= 11 is 0. The Hall–Kier alpha value is -2.10. The maximum Gasteiger partial charge on any atom is 0.435 e. The first-order valence-corrected chi connectivity index (χ1v) is 7.63. The number of methoxy groups -OCH3 is 1. The van der Waals surface area contributed by atoms with Crippen LogP contribution in [0.2, 0.25) is 0 Å². The molecule has 26 heavy (non-hydrogen) atoms. The number of ether oxygens (including phenoxy) is 1. The van der Waals surface area contributed by atoms with E-state index >= 15 is 0 Å². The first-order chi connectivity index (χ1) is 11.9. The fourth-order valence-corrected chi connectivity index (χ4v) is 2.07. The van der Waals surface area contributed by atoms with E-state index in [0.717, 1.165) is 10.7 Å². The first kappa shape index (κ1) is 21.9. The van der Waals surface area contributed by atoms with Crippen LogP contribution in [0.25, 0.3) is 5.69 Å². The summed E-state index contributed by atoms with van der Waals surface area (Å²) in [5.74, 6) is -0.307. The fraction of sp³-hybridized carbons (Fsp3) is 0.375. The maximum absolute atomic E-state index is 12.6. The zero-order valence-corrected chi connectivity index (χ0v) is 14.9. The Bertz CT molecular complexity index is 707. The molecule has 0 saturated heterocycles. The van der Waals surface area contributed by atoms with Gasteiger partial charge in [0.15, 0.2) is 5.69 Å². The Balaban J connectivity index is 0.00000338. The van der Waals surface area contributed by atoms with Crippen LogP contribution in [-0.4, -0.2) is 49.0 Å². The molecule has 2 aromatic rings. The molecule has 0 aliphatic rings. The third kappa shape index (κ3) is 6.32. The van der Waals surface area contributed by atoms with Crippen molar-refractivity contribution in [2.75, 3.05) is 33.4 Å². The van der Waals surface area contributed by atoms with Crippen LogP contribution in [0.15, 0.2) is 36.5 Å². The van der Waals surface area contributed by atoms with Crippen molar-refractivity contribution >= 4 is 18.3 Å².